The standard InChI is InChI=1S/C15H11NO6/c16-13(17)8-1-4-10(5-2-8)22-12-6-3-9(14(18)19)7-11(12)15(20)21/h1-7H,(H2,16,17)(H,18,19)(H,20,21). The molecule has 0 aliphatic heterocycles. The van der Waals surface area contributed by atoms with Gasteiger partial charge in [0.15, 0.2) is 0 Å². The Morgan fingerprint density at radius 2 is 1.45 bits per heavy atom. The number of aromatic carboxylic acids is 2. The fourth-order valence-electron chi connectivity index (χ4n) is 1.73. The van der Waals surface area contributed by atoms with Crippen LogP contribution in [-0.2, 0) is 0 Å². The van der Waals surface area contributed by atoms with Crippen LogP contribution in [0, 0.1) is 0 Å². The highest BCUT2D eigenvalue weighted by Crippen LogP contribution is 2.26. The average Bonchev–Trinajstić information content (AvgIpc) is 2.47. The molecular formula is C15H11NO6. The number of carbonyl (C=O) groups is 3. The molecule has 0 spiro atoms. The molecule has 7 nitrogen and oxygen atoms in total. The van der Waals surface area contributed by atoms with Gasteiger partial charge in [0.1, 0.15) is 17.1 Å². The molecule has 22 heavy (non-hydrogen) atoms. The summed E-state index contributed by atoms with van der Waals surface area (Å²) in [5, 5.41) is 18.0. The van der Waals surface area contributed by atoms with E-state index in [2.05, 4.69) is 0 Å². The van der Waals surface area contributed by atoms with Crippen LogP contribution in [0.2, 0.25) is 0 Å². The lowest BCUT2D eigenvalue weighted by Crippen LogP contribution is -2.10. The van der Waals surface area contributed by atoms with Crippen LogP contribution in [0.4, 0.5) is 0 Å². The first-order chi connectivity index (χ1) is 10.4. The minimum Gasteiger partial charge on any atom is -0.478 e. The second-order valence-corrected chi connectivity index (χ2v) is 4.31. The summed E-state index contributed by atoms with van der Waals surface area (Å²) in [5.41, 5.74) is 4.96. The summed E-state index contributed by atoms with van der Waals surface area (Å²) in [6, 6.07) is 9.29. The maximum absolute atomic E-state index is 11.2. The Morgan fingerprint density at radius 1 is 0.864 bits per heavy atom. The molecule has 0 aromatic heterocycles. The highest BCUT2D eigenvalue weighted by molar-refractivity contribution is 5.96. The number of nitrogens with two attached hydrogens (primary N) is 1. The molecule has 2 aromatic rings. The summed E-state index contributed by atoms with van der Waals surface area (Å²) in [6.45, 7) is 0. The zero-order chi connectivity index (χ0) is 16.3. The number of hydrogen-bond donors (Lipinski definition) is 3. The summed E-state index contributed by atoms with van der Waals surface area (Å²) in [7, 11) is 0. The zero-order valence-electron chi connectivity index (χ0n) is 11.1. The first kappa shape index (κ1) is 15.0. The number of rotatable bonds is 5. The minimum atomic E-state index is -1.31. The van der Waals surface area contributed by atoms with Crippen molar-refractivity contribution in [1.29, 1.82) is 0 Å². The van der Waals surface area contributed by atoms with Gasteiger partial charge in [-0.15, -0.1) is 0 Å². The van der Waals surface area contributed by atoms with Gasteiger partial charge >= 0.3 is 11.9 Å². The lowest BCUT2D eigenvalue weighted by molar-refractivity contribution is 0.0693. The molecule has 112 valence electrons. The Labute approximate surface area is 124 Å². The van der Waals surface area contributed by atoms with E-state index in [9.17, 15) is 14.4 Å². The Hall–Kier alpha value is -3.35. The van der Waals surface area contributed by atoms with E-state index in [1.165, 1.54) is 36.4 Å². The van der Waals surface area contributed by atoms with Gasteiger partial charge < -0.3 is 20.7 Å². The van der Waals surface area contributed by atoms with Crippen LogP contribution in [0.3, 0.4) is 0 Å². The van der Waals surface area contributed by atoms with Crippen molar-refractivity contribution in [2.75, 3.05) is 0 Å². The van der Waals surface area contributed by atoms with E-state index in [0.29, 0.717) is 0 Å². The third-order valence-corrected chi connectivity index (χ3v) is 2.82. The molecule has 0 aliphatic carbocycles. The van der Waals surface area contributed by atoms with Crippen LogP contribution in [0.1, 0.15) is 31.1 Å². The molecule has 4 N–H and O–H groups in total. The fourth-order valence-corrected chi connectivity index (χ4v) is 1.73. The minimum absolute atomic E-state index is 0.00988. The lowest BCUT2D eigenvalue weighted by atomic mass is 10.1. The quantitative estimate of drug-likeness (QED) is 0.774. The largest absolute Gasteiger partial charge is 0.478 e. The molecule has 0 radical (unpaired) electrons. The van der Waals surface area contributed by atoms with Crippen LogP contribution in [0.5, 0.6) is 11.5 Å². The molecule has 0 aliphatic rings. The second-order valence-electron chi connectivity index (χ2n) is 4.31. The van der Waals surface area contributed by atoms with Crippen molar-refractivity contribution in [2.45, 2.75) is 0 Å². The van der Waals surface area contributed by atoms with Crippen molar-refractivity contribution >= 4 is 17.8 Å². The highest BCUT2D eigenvalue weighted by atomic mass is 16.5. The lowest BCUT2D eigenvalue weighted by Gasteiger charge is -2.09. The number of carboxylic acids is 2. The number of carbonyl (C=O) groups excluding carboxylic acids is 1. The summed E-state index contributed by atoms with van der Waals surface area (Å²) in [6.07, 6.45) is 0. The maximum Gasteiger partial charge on any atom is 0.339 e. The van der Waals surface area contributed by atoms with Gasteiger partial charge in [0.2, 0.25) is 5.91 Å². The Bertz CT molecular complexity index is 751. The number of carboxylic acid groups (broad SMARTS) is 2. The van der Waals surface area contributed by atoms with Gasteiger partial charge in [-0.05, 0) is 42.5 Å². The van der Waals surface area contributed by atoms with Crippen molar-refractivity contribution in [1.82, 2.24) is 0 Å². The summed E-state index contributed by atoms with van der Waals surface area (Å²) >= 11 is 0. The van der Waals surface area contributed by atoms with Crippen molar-refractivity contribution in [3.05, 3.63) is 59.2 Å². The predicted molar refractivity (Wildman–Crippen MR) is 75.4 cm³/mol. The Kier molecular flexibility index (Phi) is 4.08. The van der Waals surface area contributed by atoms with Gasteiger partial charge in [0, 0.05) is 5.56 Å². The van der Waals surface area contributed by atoms with Crippen molar-refractivity contribution in [3.8, 4) is 11.5 Å². The molecule has 7 heteroatoms. The topological polar surface area (TPSA) is 127 Å². The fraction of sp³-hybridized carbons (Fsp3) is 0. The van der Waals surface area contributed by atoms with E-state index in [4.69, 9.17) is 20.7 Å². The normalized spacial score (nSPS) is 10.0. The van der Waals surface area contributed by atoms with Crippen molar-refractivity contribution < 1.29 is 29.3 Å². The van der Waals surface area contributed by atoms with Crippen LogP contribution >= 0.6 is 0 Å². The molecule has 0 bridgehead atoms. The molecule has 0 fully saturated rings. The average molecular weight is 301 g/mol. The van der Waals surface area contributed by atoms with Crippen molar-refractivity contribution in [2.24, 2.45) is 5.73 Å². The third-order valence-electron chi connectivity index (χ3n) is 2.82. The van der Waals surface area contributed by atoms with E-state index in [1.807, 2.05) is 0 Å². The smallest absolute Gasteiger partial charge is 0.339 e. The number of ether oxygens (including phenoxy) is 1. The van der Waals surface area contributed by atoms with E-state index in [1.54, 1.807) is 0 Å². The molecule has 0 unspecified atom stereocenters. The number of hydrogen-bond acceptors (Lipinski definition) is 4. The number of primary amides is 1. The molecular weight excluding hydrogens is 290 g/mol. The van der Waals surface area contributed by atoms with E-state index < -0.39 is 17.8 Å². The second kappa shape index (κ2) is 5.96. The molecule has 0 saturated heterocycles. The highest BCUT2D eigenvalue weighted by Gasteiger charge is 2.15. The predicted octanol–water partition coefficient (Wildman–Crippen LogP) is 1.97. The van der Waals surface area contributed by atoms with Crippen LogP contribution in [0.15, 0.2) is 42.5 Å². The van der Waals surface area contributed by atoms with Gasteiger partial charge in [-0.2, -0.15) is 0 Å². The van der Waals surface area contributed by atoms with Crippen molar-refractivity contribution in [3.63, 3.8) is 0 Å². The molecule has 0 saturated carbocycles. The van der Waals surface area contributed by atoms with E-state index >= 15 is 0 Å². The van der Waals surface area contributed by atoms with Crippen LogP contribution in [0.25, 0.3) is 0 Å². The Balaban J connectivity index is 2.34. The number of amides is 1. The Morgan fingerprint density at radius 3 is 1.95 bits per heavy atom. The number of benzene rings is 2. The van der Waals surface area contributed by atoms with Gasteiger partial charge in [0.25, 0.3) is 0 Å². The van der Waals surface area contributed by atoms with Gasteiger partial charge in [0.05, 0.1) is 5.56 Å². The van der Waals surface area contributed by atoms with E-state index in [-0.39, 0.29) is 28.2 Å². The van der Waals surface area contributed by atoms with Gasteiger partial charge in [-0.3, -0.25) is 4.79 Å². The molecule has 2 aromatic carbocycles. The summed E-state index contributed by atoms with van der Waals surface area (Å²) < 4.78 is 5.41. The monoisotopic (exact) mass is 301 g/mol. The SMILES string of the molecule is NC(=O)c1ccc(Oc2ccc(C(=O)O)cc2C(=O)O)cc1. The maximum atomic E-state index is 11.2. The summed E-state index contributed by atoms with van der Waals surface area (Å²) in [4.78, 5) is 33.0. The summed E-state index contributed by atoms with van der Waals surface area (Å²) in [5.74, 6) is -2.87. The molecule has 0 heterocycles. The van der Waals surface area contributed by atoms with Gasteiger partial charge in [-0.25, -0.2) is 9.59 Å². The van der Waals surface area contributed by atoms with Crippen LogP contribution in [-0.4, -0.2) is 28.1 Å². The van der Waals surface area contributed by atoms with Gasteiger partial charge in [-0.1, -0.05) is 0 Å². The first-order valence-electron chi connectivity index (χ1n) is 6.07. The zero-order valence-corrected chi connectivity index (χ0v) is 11.1. The van der Waals surface area contributed by atoms with Crippen LogP contribution < -0.4 is 10.5 Å². The molecule has 0 atom stereocenters. The van der Waals surface area contributed by atoms with E-state index in [0.717, 1.165) is 6.07 Å². The molecule has 2 rings (SSSR count). The molecule has 1 amide bonds. The third kappa shape index (κ3) is 3.21. The first-order valence-corrected chi connectivity index (χ1v) is 6.07.